The van der Waals surface area contributed by atoms with Crippen molar-refractivity contribution in [2.75, 3.05) is 0 Å². The summed E-state index contributed by atoms with van der Waals surface area (Å²) in [6.07, 6.45) is 36.0. The molecular weight excluding hydrogens is 1670 g/mol. The highest BCUT2D eigenvalue weighted by Crippen LogP contribution is 2.48. The normalized spacial score (nSPS) is 13.9. The SMILES string of the molecule is CCCCC(C)(CC)C(C)(C)NC(=O)c1cc(CC)on1.CCCCC(C)(CC)C(C)(C)NC(=O)c1noc(CC)c1C.CCCCC(C)(CCC)C(C)(C)NC(=O)c1cc(CC)on1.CCCCC(C)(CCC)C(C)(C)NC(=O)c1noc(CC)c1C.CCCCC(CC)(CC)C(C)(C)NC(=O)c1cc(CC)on1.CCCCC(CC)(CC)C(C)(C)NC(=O)c1noc(CC)c1C. The molecule has 24 heteroatoms. The molecule has 6 N–H and O–H groups in total. The number of carbonyl (C=O) groups is 6. The van der Waals surface area contributed by atoms with Gasteiger partial charge in [-0.1, -0.05) is 287 Å². The number of aromatic nitrogens is 6. The van der Waals surface area contributed by atoms with Gasteiger partial charge in [-0.2, -0.15) is 0 Å². The number of rotatable bonds is 52. The van der Waals surface area contributed by atoms with Gasteiger partial charge in [-0.3, -0.25) is 28.8 Å². The van der Waals surface area contributed by atoms with Crippen LogP contribution in [-0.4, -0.2) is 99.6 Å². The van der Waals surface area contributed by atoms with Crippen LogP contribution in [0.15, 0.2) is 45.3 Å². The van der Waals surface area contributed by atoms with Crippen LogP contribution in [0.1, 0.15) is 543 Å². The van der Waals surface area contributed by atoms with E-state index >= 15 is 0 Å². The number of amides is 6. The van der Waals surface area contributed by atoms with Crippen LogP contribution in [0.3, 0.4) is 0 Å². The summed E-state index contributed by atoms with van der Waals surface area (Å²) in [5.41, 5.74) is 3.66. The fourth-order valence-electron chi connectivity index (χ4n) is 18.8. The topological polar surface area (TPSA) is 331 Å². The minimum absolute atomic E-state index is 0.0594. The van der Waals surface area contributed by atoms with Gasteiger partial charge in [0.1, 0.15) is 34.6 Å². The van der Waals surface area contributed by atoms with Crippen molar-refractivity contribution < 1.29 is 55.9 Å². The van der Waals surface area contributed by atoms with E-state index in [0.29, 0.717) is 34.2 Å². The highest BCUT2D eigenvalue weighted by atomic mass is 16.5. The molecule has 0 bridgehead atoms. The fraction of sp³-hybridized carbons (Fsp3) is 0.780. The van der Waals surface area contributed by atoms with Crippen molar-refractivity contribution in [1.29, 1.82) is 0 Å². The lowest BCUT2D eigenvalue weighted by molar-refractivity contribution is 0.0617. The van der Waals surface area contributed by atoms with Crippen LogP contribution in [0.25, 0.3) is 0 Å². The van der Waals surface area contributed by atoms with Crippen LogP contribution in [0.5, 0.6) is 0 Å². The lowest BCUT2D eigenvalue weighted by atomic mass is 9.64. The molecule has 6 amide bonds. The van der Waals surface area contributed by atoms with Crippen LogP contribution in [-0.2, 0) is 38.5 Å². The van der Waals surface area contributed by atoms with Gasteiger partial charge in [0.15, 0.2) is 34.2 Å². The van der Waals surface area contributed by atoms with Gasteiger partial charge in [-0.05, 0) is 226 Å². The van der Waals surface area contributed by atoms with Gasteiger partial charge in [0.25, 0.3) is 35.4 Å². The van der Waals surface area contributed by atoms with E-state index in [2.05, 4.69) is 271 Å². The third kappa shape index (κ3) is 33.7. The Labute approximate surface area is 807 Å². The van der Waals surface area contributed by atoms with E-state index in [-0.39, 0.29) is 101 Å². The molecule has 0 aliphatic carbocycles. The fourth-order valence-corrected chi connectivity index (χ4v) is 18.8. The zero-order valence-electron chi connectivity index (χ0n) is 91.9. The first-order valence-corrected chi connectivity index (χ1v) is 51.8. The molecular formula is C109H194N12O12. The first-order valence-electron chi connectivity index (χ1n) is 51.8. The Bertz CT molecular complexity index is 4360. The molecule has 0 radical (unpaired) electrons. The first-order chi connectivity index (χ1) is 62.2. The Morgan fingerprint density at radius 2 is 0.451 bits per heavy atom. The average Bonchev–Trinajstić information content (AvgIpc) is 1.70. The summed E-state index contributed by atoms with van der Waals surface area (Å²) in [6.45, 7) is 83.1. The van der Waals surface area contributed by atoms with Crippen molar-refractivity contribution in [3.8, 4) is 0 Å². The molecule has 6 aromatic rings. The molecule has 0 aliphatic heterocycles. The van der Waals surface area contributed by atoms with E-state index in [0.717, 1.165) is 193 Å². The van der Waals surface area contributed by atoms with Crippen molar-refractivity contribution in [2.24, 2.45) is 32.5 Å². The van der Waals surface area contributed by atoms with E-state index in [9.17, 15) is 28.8 Å². The number of hydrogen-bond acceptors (Lipinski definition) is 18. The smallest absolute Gasteiger partial charge is 0.274 e. The lowest BCUT2D eigenvalue weighted by Crippen LogP contribution is -2.56. The summed E-state index contributed by atoms with van der Waals surface area (Å²) < 4.78 is 31.2. The van der Waals surface area contributed by atoms with Crippen molar-refractivity contribution in [3.63, 3.8) is 0 Å². The maximum atomic E-state index is 12.7. The molecule has 6 rings (SSSR count). The Hall–Kier alpha value is -7.92. The molecule has 0 spiro atoms. The average molecular weight is 1860 g/mol. The maximum absolute atomic E-state index is 12.7. The van der Waals surface area contributed by atoms with Crippen LogP contribution in [0, 0.1) is 53.3 Å². The van der Waals surface area contributed by atoms with Gasteiger partial charge >= 0.3 is 0 Å². The quantitative estimate of drug-likeness (QED) is 0.0207. The molecule has 762 valence electrons. The zero-order valence-corrected chi connectivity index (χ0v) is 91.9. The summed E-state index contributed by atoms with van der Waals surface area (Å²) in [6, 6.07) is 5.19. The molecule has 6 heterocycles. The van der Waals surface area contributed by atoms with Crippen molar-refractivity contribution >= 4 is 35.4 Å². The van der Waals surface area contributed by atoms with E-state index in [1.165, 1.54) is 77.0 Å². The standard InChI is InChI=1S/2C19H34N2O2.3C18H32N2O2.C17H30N2O2/c1-8-11-13-19(7,12-9-2)18(5,6)20-17(22)16-14(4)15(10-3)23-21-16;1-8-12-13-19(10-3,11-4)18(6,7)20-17(22)16-14(5)15(9-2)23-21-16;1-8-11-12-18(7,10-3)17(5,6)19-16(21)15-13(4)14(9-2)22-20-15;1-7-10-12-18(6,11-8-2)17(4,5)19-16(21)15-13-14(9-3)22-20-15;1-7-11-12-18(9-3,10-4)17(5,6)19-16(21)15-13-14(8-2)22-20-15;1-7-10-11-17(6,9-3)16(4,5)18-15(20)14-12-13(8-2)21-19-14/h2*8-13H2,1-7H3,(H,20,22);8-12H2,1-7H3,(H,19,21);2*13H,7-12H2,1-6H3,(H,19,21);12H,7-11H2,1-6H3,(H,18,20). The Kier molecular flexibility index (Phi) is 52.5. The number of carbonyl (C=O) groups excluding carboxylic acids is 6. The van der Waals surface area contributed by atoms with Gasteiger partial charge < -0.3 is 59.0 Å². The van der Waals surface area contributed by atoms with Crippen LogP contribution in [0.2, 0.25) is 0 Å². The minimum Gasteiger partial charge on any atom is -0.361 e. The van der Waals surface area contributed by atoms with E-state index in [1.54, 1.807) is 18.2 Å². The highest BCUT2D eigenvalue weighted by molar-refractivity contribution is 5.96. The number of unbranched alkanes of at least 4 members (excludes halogenated alkanes) is 6. The molecule has 0 fully saturated rings. The molecule has 4 atom stereocenters. The van der Waals surface area contributed by atoms with E-state index < -0.39 is 0 Å². The van der Waals surface area contributed by atoms with Crippen LogP contribution >= 0.6 is 0 Å². The largest absolute Gasteiger partial charge is 0.361 e. The highest BCUT2D eigenvalue weighted by Gasteiger charge is 2.48. The molecule has 0 aromatic carbocycles. The number of nitrogens with zero attached hydrogens (tertiary/aromatic N) is 6. The Balaban J connectivity index is 0.000000798. The van der Waals surface area contributed by atoms with Crippen molar-refractivity contribution in [2.45, 2.75) is 522 Å². The summed E-state index contributed by atoms with van der Waals surface area (Å²) in [7, 11) is 0. The molecule has 0 aliphatic rings. The summed E-state index contributed by atoms with van der Waals surface area (Å²) in [5, 5.41) is 42.7. The van der Waals surface area contributed by atoms with E-state index in [4.69, 9.17) is 27.1 Å². The zero-order chi connectivity index (χ0) is 102. The van der Waals surface area contributed by atoms with Crippen molar-refractivity contribution in [3.05, 3.63) is 104 Å². The Morgan fingerprint density at radius 1 is 0.241 bits per heavy atom. The third-order valence-corrected chi connectivity index (χ3v) is 31.6. The maximum Gasteiger partial charge on any atom is 0.274 e. The predicted molar refractivity (Wildman–Crippen MR) is 545 cm³/mol. The molecule has 6 aromatic heterocycles. The van der Waals surface area contributed by atoms with Gasteiger partial charge in [0, 0.05) is 107 Å². The number of hydrogen-bond donors (Lipinski definition) is 6. The number of aryl methyl sites for hydroxylation is 6. The molecule has 0 saturated carbocycles. The molecule has 0 saturated heterocycles. The third-order valence-electron chi connectivity index (χ3n) is 31.6. The second-order valence-corrected chi connectivity index (χ2v) is 41.9. The van der Waals surface area contributed by atoms with Gasteiger partial charge in [-0.25, -0.2) is 0 Å². The van der Waals surface area contributed by atoms with Crippen LogP contribution < -0.4 is 31.9 Å². The predicted octanol–water partition coefficient (Wildman–Crippen LogP) is 28.6. The number of nitrogens with one attached hydrogen (secondary N) is 6. The second-order valence-electron chi connectivity index (χ2n) is 41.9. The minimum atomic E-state index is -0.300. The van der Waals surface area contributed by atoms with Gasteiger partial charge in [0.2, 0.25) is 0 Å². The first kappa shape index (κ1) is 123. The van der Waals surface area contributed by atoms with Crippen molar-refractivity contribution in [1.82, 2.24) is 62.8 Å². The van der Waals surface area contributed by atoms with E-state index in [1.807, 2.05) is 62.3 Å². The molecule has 133 heavy (non-hydrogen) atoms. The monoisotopic (exact) mass is 1860 g/mol. The summed E-state index contributed by atoms with van der Waals surface area (Å²) in [4.78, 5) is 75.4. The summed E-state index contributed by atoms with van der Waals surface area (Å²) >= 11 is 0. The van der Waals surface area contributed by atoms with Crippen LogP contribution in [0.4, 0.5) is 0 Å². The second kappa shape index (κ2) is 56.7. The lowest BCUT2D eigenvalue weighted by Gasteiger charge is -2.47. The summed E-state index contributed by atoms with van der Waals surface area (Å²) in [5.74, 6) is 3.75. The van der Waals surface area contributed by atoms with Gasteiger partial charge in [0.05, 0.1) is 0 Å². The Morgan fingerprint density at radius 3 is 0.647 bits per heavy atom. The molecule has 4 unspecified atom stereocenters. The van der Waals surface area contributed by atoms with Gasteiger partial charge in [-0.15, -0.1) is 0 Å². The molecule has 24 nitrogen and oxygen atoms in total.